The highest BCUT2D eigenvalue weighted by molar-refractivity contribution is 5.82. The first-order valence-corrected chi connectivity index (χ1v) is 8.27. The summed E-state index contributed by atoms with van der Waals surface area (Å²) in [6.07, 6.45) is 2.20. The molecule has 0 heterocycles. The van der Waals surface area contributed by atoms with Crippen molar-refractivity contribution in [2.24, 2.45) is 0 Å². The summed E-state index contributed by atoms with van der Waals surface area (Å²) < 4.78 is 0. The van der Waals surface area contributed by atoms with Crippen LogP contribution in [0.15, 0.2) is 72.8 Å². The van der Waals surface area contributed by atoms with Gasteiger partial charge in [-0.15, -0.1) is 0 Å². The number of nitrogens with zero attached hydrogens (tertiary/aromatic N) is 1. The van der Waals surface area contributed by atoms with Crippen molar-refractivity contribution in [3.8, 4) is 6.07 Å². The van der Waals surface area contributed by atoms with Crippen LogP contribution in [0.25, 0.3) is 11.6 Å². The highest BCUT2D eigenvalue weighted by Crippen LogP contribution is 2.25. The van der Waals surface area contributed by atoms with Crippen LogP contribution < -0.4 is 5.32 Å². The van der Waals surface area contributed by atoms with E-state index in [1.54, 1.807) is 0 Å². The van der Waals surface area contributed by atoms with Gasteiger partial charge in [0.25, 0.3) is 0 Å². The van der Waals surface area contributed by atoms with Crippen LogP contribution in [-0.4, -0.2) is 0 Å². The Hall–Kier alpha value is -3.31. The van der Waals surface area contributed by atoms with Crippen molar-refractivity contribution in [2.75, 3.05) is 5.32 Å². The van der Waals surface area contributed by atoms with Gasteiger partial charge in [-0.25, -0.2) is 0 Å². The monoisotopic (exact) mass is 324 g/mol. The zero-order valence-corrected chi connectivity index (χ0v) is 14.5. The second kappa shape index (κ2) is 7.51. The predicted octanol–water partition coefficient (Wildman–Crippen LogP) is 6.17. The van der Waals surface area contributed by atoms with E-state index in [0.717, 1.165) is 11.4 Å². The maximum absolute atomic E-state index is 8.87. The van der Waals surface area contributed by atoms with Gasteiger partial charge >= 0.3 is 0 Å². The molecule has 0 fully saturated rings. The predicted molar refractivity (Wildman–Crippen MR) is 106 cm³/mol. The highest BCUT2D eigenvalue weighted by atomic mass is 14.9. The average Bonchev–Trinajstić information content (AvgIpc) is 2.63. The molecule has 0 aliphatic carbocycles. The molecule has 0 atom stereocenters. The second-order valence-corrected chi connectivity index (χ2v) is 6.08. The van der Waals surface area contributed by atoms with E-state index >= 15 is 0 Å². The minimum atomic E-state index is 0.666. The van der Waals surface area contributed by atoms with Crippen molar-refractivity contribution in [2.45, 2.75) is 13.8 Å². The first-order chi connectivity index (χ1) is 12.2. The Morgan fingerprint density at radius 2 is 1.60 bits per heavy atom. The third-order valence-corrected chi connectivity index (χ3v) is 4.14. The Morgan fingerprint density at radius 3 is 2.24 bits per heavy atom. The first kappa shape index (κ1) is 16.5. The van der Waals surface area contributed by atoms with Crippen LogP contribution in [0, 0.1) is 18.3 Å². The standard InChI is InChI=1S/C23H20N2/c1-17(14-19-6-4-3-5-7-19)23-13-12-22(15-18(23)2)25-21-10-8-20(16-24)9-11-21/h3-15,25H,1-2H3/b17-14+. The number of rotatable bonds is 4. The molecule has 0 aliphatic heterocycles. The molecule has 3 rings (SSSR count). The number of aryl methyl sites for hydroxylation is 1. The summed E-state index contributed by atoms with van der Waals surface area (Å²) in [5.41, 5.74) is 7.60. The molecule has 0 aliphatic rings. The van der Waals surface area contributed by atoms with Crippen LogP contribution in [-0.2, 0) is 0 Å². The zero-order valence-electron chi connectivity index (χ0n) is 14.5. The fourth-order valence-electron chi connectivity index (χ4n) is 2.86. The third kappa shape index (κ3) is 4.16. The Bertz CT molecular complexity index is 930. The molecular weight excluding hydrogens is 304 g/mol. The van der Waals surface area contributed by atoms with E-state index < -0.39 is 0 Å². The molecule has 122 valence electrons. The summed E-state index contributed by atoms with van der Waals surface area (Å²) in [7, 11) is 0. The fourth-order valence-corrected chi connectivity index (χ4v) is 2.86. The molecule has 2 nitrogen and oxygen atoms in total. The molecule has 0 radical (unpaired) electrons. The zero-order chi connectivity index (χ0) is 17.6. The van der Waals surface area contributed by atoms with Gasteiger partial charge in [0.15, 0.2) is 0 Å². The van der Waals surface area contributed by atoms with Crippen LogP contribution in [0.2, 0.25) is 0 Å². The maximum atomic E-state index is 8.87. The first-order valence-electron chi connectivity index (χ1n) is 8.27. The van der Waals surface area contributed by atoms with Crippen LogP contribution in [0.4, 0.5) is 11.4 Å². The Labute approximate surface area is 149 Å². The van der Waals surface area contributed by atoms with E-state index in [2.05, 4.69) is 73.8 Å². The summed E-state index contributed by atoms with van der Waals surface area (Å²) in [6.45, 7) is 4.27. The van der Waals surface area contributed by atoms with Crippen LogP contribution in [0.3, 0.4) is 0 Å². The molecule has 0 spiro atoms. The van der Waals surface area contributed by atoms with E-state index in [0.29, 0.717) is 5.56 Å². The van der Waals surface area contributed by atoms with Crippen molar-refractivity contribution in [3.63, 3.8) is 0 Å². The molecule has 1 N–H and O–H groups in total. The Kier molecular flexibility index (Phi) is 4.97. The SMILES string of the molecule is C/C(=C\c1ccccc1)c1ccc(Nc2ccc(C#N)cc2)cc1C. The molecule has 0 saturated heterocycles. The smallest absolute Gasteiger partial charge is 0.0991 e. The van der Waals surface area contributed by atoms with Crippen LogP contribution in [0.5, 0.6) is 0 Å². The summed E-state index contributed by atoms with van der Waals surface area (Å²) in [5, 5.41) is 12.3. The second-order valence-electron chi connectivity index (χ2n) is 6.08. The van der Waals surface area contributed by atoms with E-state index in [1.807, 2.05) is 30.3 Å². The van der Waals surface area contributed by atoms with Crippen molar-refractivity contribution in [1.29, 1.82) is 5.26 Å². The summed E-state index contributed by atoms with van der Waals surface area (Å²) >= 11 is 0. The van der Waals surface area contributed by atoms with Gasteiger partial charge in [0.2, 0.25) is 0 Å². The lowest BCUT2D eigenvalue weighted by Crippen LogP contribution is -1.93. The van der Waals surface area contributed by atoms with E-state index in [-0.39, 0.29) is 0 Å². The van der Waals surface area contributed by atoms with Crippen LogP contribution in [0.1, 0.15) is 29.2 Å². The summed E-state index contributed by atoms with van der Waals surface area (Å²) in [6, 6.07) is 26.3. The Morgan fingerprint density at radius 1 is 0.920 bits per heavy atom. The molecule has 0 bridgehead atoms. The number of hydrogen-bond donors (Lipinski definition) is 1. The van der Waals surface area contributed by atoms with Gasteiger partial charge in [-0.3, -0.25) is 0 Å². The normalized spacial score (nSPS) is 11.0. The van der Waals surface area contributed by atoms with Gasteiger partial charge in [0.05, 0.1) is 11.6 Å². The van der Waals surface area contributed by atoms with Crippen molar-refractivity contribution >= 4 is 23.0 Å². The number of nitrogens with one attached hydrogen (secondary N) is 1. The molecule has 0 aromatic heterocycles. The molecule has 25 heavy (non-hydrogen) atoms. The highest BCUT2D eigenvalue weighted by Gasteiger charge is 2.03. The summed E-state index contributed by atoms with van der Waals surface area (Å²) in [5.74, 6) is 0. The van der Waals surface area contributed by atoms with Gasteiger partial charge < -0.3 is 5.32 Å². The minimum Gasteiger partial charge on any atom is -0.356 e. The number of benzene rings is 3. The molecule has 3 aromatic rings. The molecule has 0 amide bonds. The van der Waals surface area contributed by atoms with Crippen molar-refractivity contribution < 1.29 is 0 Å². The third-order valence-electron chi connectivity index (χ3n) is 4.14. The van der Waals surface area contributed by atoms with E-state index in [4.69, 9.17) is 5.26 Å². The lowest BCUT2D eigenvalue weighted by atomic mass is 9.99. The van der Waals surface area contributed by atoms with Crippen molar-refractivity contribution in [1.82, 2.24) is 0 Å². The average molecular weight is 324 g/mol. The lowest BCUT2D eigenvalue weighted by Gasteiger charge is -2.11. The van der Waals surface area contributed by atoms with E-state index in [1.165, 1.54) is 22.3 Å². The van der Waals surface area contributed by atoms with Gasteiger partial charge in [-0.2, -0.15) is 5.26 Å². The number of anilines is 2. The van der Waals surface area contributed by atoms with E-state index in [9.17, 15) is 0 Å². The minimum absolute atomic E-state index is 0.666. The topological polar surface area (TPSA) is 35.8 Å². The van der Waals surface area contributed by atoms with Crippen molar-refractivity contribution in [3.05, 3.63) is 95.1 Å². The molecule has 3 aromatic carbocycles. The fraction of sp³-hybridized carbons (Fsp3) is 0.0870. The van der Waals surface area contributed by atoms with Crippen LogP contribution >= 0.6 is 0 Å². The molecule has 0 saturated carbocycles. The number of hydrogen-bond acceptors (Lipinski definition) is 2. The van der Waals surface area contributed by atoms with Gasteiger partial charge in [-0.05, 0) is 72.5 Å². The van der Waals surface area contributed by atoms with Gasteiger partial charge in [-0.1, -0.05) is 42.5 Å². The molecule has 2 heteroatoms. The number of allylic oxidation sites excluding steroid dienone is 1. The number of nitriles is 1. The summed E-state index contributed by atoms with van der Waals surface area (Å²) in [4.78, 5) is 0. The largest absolute Gasteiger partial charge is 0.356 e. The lowest BCUT2D eigenvalue weighted by molar-refractivity contribution is 1.40. The Balaban J connectivity index is 1.80. The maximum Gasteiger partial charge on any atom is 0.0991 e. The molecule has 0 unspecified atom stereocenters. The molecular formula is C23H20N2. The quantitative estimate of drug-likeness (QED) is 0.582. The van der Waals surface area contributed by atoms with Gasteiger partial charge in [0, 0.05) is 11.4 Å². The van der Waals surface area contributed by atoms with Gasteiger partial charge in [0.1, 0.15) is 0 Å².